The predicted molar refractivity (Wildman–Crippen MR) is 98.0 cm³/mol. The van der Waals surface area contributed by atoms with Crippen molar-refractivity contribution in [3.8, 4) is 0 Å². The Morgan fingerprint density at radius 2 is 1.95 bits per heavy atom. The van der Waals surface area contributed by atoms with Gasteiger partial charge in [0.05, 0.1) is 0 Å². The first-order valence-corrected chi connectivity index (χ1v) is 9.73. The largest absolute Gasteiger partial charge is 0.313 e. The van der Waals surface area contributed by atoms with Crippen LogP contribution in [0.5, 0.6) is 0 Å². The maximum absolute atomic E-state index is 3.71. The summed E-state index contributed by atoms with van der Waals surface area (Å²) in [4.78, 5) is 1.37. The number of benzene rings is 1. The van der Waals surface area contributed by atoms with Crippen LogP contribution in [-0.4, -0.2) is 17.8 Å². The first kappa shape index (κ1) is 17.4. The number of hydrogen-bond acceptors (Lipinski definition) is 2. The van der Waals surface area contributed by atoms with Crippen LogP contribution in [0.25, 0.3) is 0 Å². The van der Waals surface area contributed by atoms with Crippen LogP contribution >= 0.6 is 27.7 Å². The van der Waals surface area contributed by atoms with Crippen molar-refractivity contribution in [1.82, 2.24) is 5.32 Å². The molecule has 0 aliphatic heterocycles. The fourth-order valence-corrected chi connectivity index (χ4v) is 5.20. The van der Waals surface area contributed by atoms with Gasteiger partial charge < -0.3 is 5.32 Å². The second kappa shape index (κ2) is 7.52. The van der Waals surface area contributed by atoms with Gasteiger partial charge in [-0.1, -0.05) is 39.8 Å². The van der Waals surface area contributed by atoms with Crippen LogP contribution in [0.1, 0.15) is 47.0 Å². The molecule has 0 amide bonds. The molecule has 0 aromatic heterocycles. The van der Waals surface area contributed by atoms with Crippen LogP contribution in [0, 0.1) is 11.3 Å². The lowest BCUT2D eigenvalue weighted by Crippen LogP contribution is -2.44. The maximum atomic E-state index is 3.71. The molecule has 0 radical (unpaired) electrons. The van der Waals surface area contributed by atoms with E-state index in [1.807, 2.05) is 11.8 Å². The zero-order valence-corrected chi connectivity index (χ0v) is 16.1. The molecule has 1 aromatic carbocycles. The van der Waals surface area contributed by atoms with E-state index in [4.69, 9.17) is 0 Å². The number of rotatable bonds is 4. The van der Waals surface area contributed by atoms with Gasteiger partial charge in [-0.05, 0) is 65.2 Å². The smallest absolute Gasteiger partial charge is 0.0311 e. The summed E-state index contributed by atoms with van der Waals surface area (Å²) in [5.74, 6) is 0.826. The second-order valence-corrected chi connectivity index (χ2v) is 9.26. The molecule has 1 fully saturated rings. The first-order chi connectivity index (χ1) is 9.91. The summed E-state index contributed by atoms with van der Waals surface area (Å²) in [5, 5.41) is 4.38. The molecule has 118 valence electrons. The number of thioether (sulfide) groups is 1. The van der Waals surface area contributed by atoms with Crippen molar-refractivity contribution >= 4 is 27.7 Å². The van der Waals surface area contributed by atoms with Crippen LogP contribution in [0.4, 0.5) is 0 Å². The van der Waals surface area contributed by atoms with Gasteiger partial charge in [-0.2, -0.15) is 0 Å². The lowest BCUT2D eigenvalue weighted by molar-refractivity contribution is 0.165. The van der Waals surface area contributed by atoms with E-state index in [2.05, 4.69) is 73.2 Å². The van der Waals surface area contributed by atoms with Gasteiger partial charge in [0.15, 0.2) is 0 Å². The molecule has 1 nitrogen and oxygen atoms in total. The minimum atomic E-state index is 0.421. The van der Waals surface area contributed by atoms with E-state index in [1.54, 1.807) is 0 Å². The Morgan fingerprint density at radius 3 is 2.57 bits per heavy atom. The molecule has 21 heavy (non-hydrogen) atoms. The van der Waals surface area contributed by atoms with Crippen molar-refractivity contribution in [2.24, 2.45) is 11.3 Å². The number of halogens is 1. The number of nitrogens with one attached hydrogen (secondary N) is 1. The summed E-state index contributed by atoms with van der Waals surface area (Å²) >= 11 is 5.75. The predicted octanol–water partition coefficient (Wildman–Crippen LogP) is 5.73. The van der Waals surface area contributed by atoms with Crippen molar-refractivity contribution in [2.45, 2.75) is 63.1 Å². The monoisotopic (exact) mass is 369 g/mol. The molecule has 3 atom stereocenters. The van der Waals surface area contributed by atoms with Crippen molar-refractivity contribution in [3.63, 3.8) is 0 Å². The fourth-order valence-electron chi connectivity index (χ4n) is 3.25. The molecule has 2 rings (SSSR count). The fraction of sp³-hybridized carbons (Fsp3) is 0.667. The Morgan fingerprint density at radius 1 is 1.24 bits per heavy atom. The molecule has 1 aliphatic carbocycles. The van der Waals surface area contributed by atoms with Crippen LogP contribution in [-0.2, 0) is 0 Å². The third kappa shape index (κ3) is 4.74. The van der Waals surface area contributed by atoms with Crippen molar-refractivity contribution < 1.29 is 0 Å². The molecule has 1 aromatic rings. The average molecular weight is 370 g/mol. The zero-order valence-electron chi connectivity index (χ0n) is 13.7. The third-order valence-electron chi connectivity index (χ3n) is 4.60. The van der Waals surface area contributed by atoms with Gasteiger partial charge in [-0.25, -0.2) is 0 Å². The summed E-state index contributed by atoms with van der Waals surface area (Å²) in [5.41, 5.74) is 0.421. The van der Waals surface area contributed by atoms with Crippen molar-refractivity contribution in [2.75, 3.05) is 6.54 Å². The Bertz CT molecular complexity index is 455. The van der Waals surface area contributed by atoms with Gasteiger partial charge in [-0.15, -0.1) is 11.8 Å². The molecule has 0 spiro atoms. The number of hydrogen-bond donors (Lipinski definition) is 1. The first-order valence-electron chi connectivity index (χ1n) is 8.06. The Labute approximate surface area is 142 Å². The summed E-state index contributed by atoms with van der Waals surface area (Å²) in [7, 11) is 0. The Balaban J connectivity index is 2.12. The van der Waals surface area contributed by atoms with E-state index >= 15 is 0 Å². The van der Waals surface area contributed by atoms with E-state index in [1.165, 1.54) is 28.6 Å². The Kier molecular flexibility index (Phi) is 6.22. The highest BCUT2D eigenvalue weighted by atomic mass is 79.9. The van der Waals surface area contributed by atoms with Gasteiger partial charge in [-0.3, -0.25) is 0 Å². The van der Waals surface area contributed by atoms with E-state index in [0.29, 0.717) is 16.7 Å². The maximum Gasteiger partial charge on any atom is 0.0311 e. The molecule has 0 saturated heterocycles. The van der Waals surface area contributed by atoms with E-state index in [9.17, 15) is 0 Å². The molecule has 1 N–H and O–H groups in total. The van der Waals surface area contributed by atoms with Crippen LogP contribution in [0.15, 0.2) is 33.6 Å². The lowest BCUT2D eigenvalue weighted by Gasteiger charge is -2.42. The lowest BCUT2D eigenvalue weighted by atomic mass is 9.71. The summed E-state index contributed by atoms with van der Waals surface area (Å²) < 4.78 is 1.23. The second-order valence-electron chi connectivity index (χ2n) is 7.13. The highest BCUT2D eigenvalue weighted by Crippen LogP contribution is 2.44. The van der Waals surface area contributed by atoms with Crippen LogP contribution in [0.3, 0.4) is 0 Å². The van der Waals surface area contributed by atoms with E-state index in [-0.39, 0.29) is 0 Å². The van der Waals surface area contributed by atoms with Crippen molar-refractivity contribution in [3.05, 3.63) is 28.7 Å². The summed E-state index contributed by atoms with van der Waals surface area (Å²) in [6.07, 6.45) is 3.97. The van der Waals surface area contributed by atoms with Gasteiger partial charge in [0.25, 0.3) is 0 Å². The quantitative estimate of drug-likeness (QED) is 0.726. The van der Waals surface area contributed by atoms with Gasteiger partial charge in [0.2, 0.25) is 0 Å². The standard InChI is InChI=1S/C18H28BrNS/c1-5-20-15-11-10-13(18(2,3)4)12-17(15)21-16-9-7-6-8-14(16)19/h6-9,13,15,17,20H,5,10-12H2,1-4H3. The highest BCUT2D eigenvalue weighted by molar-refractivity contribution is 9.10. The zero-order chi connectivity index (χ0) is 15.5. The normalized spacial score (nSPS) is 26.8. The average Bonchev–Trinajstić information content (AvgIpc) is 2.42. The molecule has 0 bridgehead atoms. The van der Waals surface area contributed by atoms with Gasteiger partial charge >= 0.3 is 0 Å². The minimum absolute atomic E-state index is 0.421. The van der Waals surface area contributed by atoms with Crippen LogP contribution < -0.4 is 5.32 Å². The molecule has 3 unspecified atom stereocenters. The van der Waals surface area contributed by atoms with E-state index < -0.39 is 0 Å². The molecular formula is C18H28BrNS. The van der Waals surface area contributed by atoms with Gasteiger partial charge in [0, 0.05) is 20.7 Å². The summed E-state index contributed by atoms with van der Waals surface area (Å²) in [6.45, 7) is 10.5. The topological polar surface area (TPSA) is 12.0 Å². The van der Waals surface area contributed by atoms with Crippen molar-refractivity contribution in [1.29, 1.82) is 0 Å². The SMILES string of the molecule is CCNC1CCC(C(C)(C)C)CC1Sc1ccccc1Br. The Hall–Kier alpha value is 0.01000. The highest BCUT2D eigenvalue weighted by Gasteiger charge is 2.36. The molecule has 3 heteroatoms. The molecule has 1 aliphatic rings. The van der Waals surface area contributed by atoms with Gasteiger partial charge in [0.1, 0.15) is 0 Å². The third-order valence-corrected chi connectivity index (χ3v) is 6.99. The molecular weight excluding hydrogens is 342 g/mol. The van der Waals surface area contributed by atoms with E-state index in [0.717, 1.165) is 12.5 Å². The summed E-state index contributed by atoms with van der Waals surface area (Å²) in [6, 6.07) is 9.26. The van der Waals surface area contributed by atoms with Crippen LogP contribution in [0.2, 0.25) is 0 Å². The minimum Gasteiger partial charge on any atom is -0.313 e. The molecule has 0 heterocycles. The molecule has 1 saturated carbocycles.